The van der Waals surface area contributed by atoms with Gasteiger partial charge in [-0.1, -0.05) is 24.3 Å². The minimum absolute atomic E-state index is 0.0175. The van der Waals surface area contributed by atoms with Gasteiger partial charge in [-0.15, -0.1) is 0 Å². The Morgan fingerprint density at radius 1 is 0.767 bits per heavy atom. The molecule has 2 aliphatic heterocycles. The Kier molecular flexibility index (Phi) is 7.07. The molecule has 8 heteroatoms. The van der Waals surface area contributed by atoms with Crippen LogP contribution >= 0.6 is 0 Å². The van der Waals surface area contributed by atoms with Gasteiger partial charge < -0.3 is 19.3 Å². The van der Waals surface area contributed by atoms with Crippen LogP contribution in [0.5, 0.6) is 0 Å². The van der Waals surface area contributed by atoms with Crippen molar-refractivity contribution in [3.05, 3.63) is 35.4 Å². The molecule has 1 aromatic rings. The van der Waals surface area contributed by atoms with Crippen LogP contribution in [0.4, 0.5) is 0 Å². The Balaban J connectivity index is 1.48. The van der Waals surface area contributed by atoms with Gasteiger partial charge in [0.25, 0.3) is 0 Å². The Bertz CT molecular complexity index is 739. The van der Waals surface area contributed by atoms with Crippen molar-refractivity contribution in [1.82, 2.24) is 9.80 Å². The quantitative estimate of drug-likeness (QED) is 0.638. The fourth-order valence-corrected chi connectivity index (χ4v) is 4.04. The normalized spacial score (nSPS) is 20.9. The van der Waals surface area contributed by atoms with Crippen LogP contribution in [0.3, 0.4) is 0 Å². The number of nitrogens with zero attached hydrogens (tertiary/aromatic N) is 2. The summed E-state index contributed by atoms with van der Waals surface area (Å²) in [5.41, 5.74) is 1.73. The van der Waals surface area contributed by atoms with Crippen LogP contribution in [-0.4, -0.2) is 74.0 Å². The second-order valence-corrected chi connectivity index (χ2v) is 7.87. The number of amides is 2. The lowest BCUT2D eigenvalue weighted by molar-refractivity contribution is -0.146. The van der Waals surface area contributed by atoms with Crippen LogP contribution in [0, 0.1) is 11.8 Å². The topological polar surface area (TPSA) is 93.2 Å². The molecule has 0 spiro atoms. The zero-order valence-electron chi connectivity index (χ0n) is 17.5. The zero-order valence-corrected chi connectivity index (χ0v) is 17.5. The fourth-order valence-electron chi connectivity index (χ4n) is 4.04. The maximum absolute atomic E-state index is 12.5. The number of hydrogen-bond donors (Lipinski definition) is 0. The number of likely N-dealkylation sites (tertiary alicyclic amines) is 2. The summed E-state index contributed by atoms with van der Waals surface area (Å²) in [6.07, 6.45) is 1.78. The Labute approximate surface area is 176 Å². The van der Waals surface area contributed by atoms with Gasteiger partial charge in [0.15, 0.2) is 0 Å². The molecule has 2 aliphatic rings. The summed E-state index contributed by atoms with van der Waals surface area (Å²) >= 11 is 0. The molecule has 2 saturated heterocycles. The van der Waals surface area contributed by atoms with Gasteiger partial charge in [-0.3, -0.25) is 19.2 Å². The first kappa shape index (κ1) is 21.8. The predicted octanol–water partition coefficient (Wildman–Crippen LogP) is 0.815. The third-order valence-corrected chi connectivity index (χ3v) is 5.88. The molecule has 0 N–H and O–H groups in total. The molecule has 2 fully saturated rings. The van der Waals surface area contributed by atoms with E-state index in [4.69, 9.17) is 9.47 Å². The van der Waals surface area contributed by atoms with Gasteiger partial charge >= 0.3 is 11.9 Å². The summed E-state index contributed by atoms with van der Waals surface area (Å²) in [6, 6.07) is 7.43. The van der Waals surface area contributed by atoms with Gasteiger partial charge in [0.1, 0.15) is 0 Å². The lowest BCUT2D eigenvalue weighted by atomic mass is 10.1. The van der Waals surface area contributed by atoms with Crippen molar-refractivity contribution in [2.24, 2.45) is 11.8 Å². The van der Waals surface area contributed by atoms with E-state index in [2.05, 4.69) is 0 Å². The summed E-state index contributed by atoms with van der Waals surface area (Å²) in [6.45, 7) is 1.93. The van der Waals surface area contributed by atoms with Crippen LogP contribution < -0.4 is 0 Å². The lowest BCUT2D eigenvalue weighted by Gasteiger charge is -2.17. The SMILES string of the molecule is COC(=O)C1CCN(C(=O)Cc2ccc(CC(=O)N3CCC(C(=O)OC)C3)cc2)C1. The van der Waals surface area contributed by atoms with Crippen molar-refractivity contribution in [2.75, 3.05) is 40.4 Å². The van der Waals surface area contributed by atoms with Gasteiger partial charge in [0.2, 0.25) is 11.8 Å². The van der Waals surface area contributed by atoms with Crippen molar-refractivity contribution in [2.45, 2.75) is 25.7 Å². The van der Waals surface area contributed by atoms with E-state index in [0.717, 1.165) is 11.1 Å². The predicted molar refractivity (Wildman–Crippen MR) is 107 cm³/mol. The molecule has 1 aromatic carbocycles. The average Bonchev–Trinajstić information content (AvgIpc) is 3.44. The highest BCUT2D eigenvalue weighted by Gasteiger charge is 2.32. The third kappa shape index (κ3) is 5.17. The summed E-state index contributed by atoms with van der Waals surface area (Å²) in [5.74, 6) is -1.05. The van der Waals surface area contributed by atoms with Gasteiger partial charge in [0, 0.05) is 26.2 Å². The number of hydrogen-bond acceptors (Lipinski definition) is 6. The minimum atomic E-state index is -0.268. The van der Waals surface area contributed by atoms with Crippen LogP contribution in [0.25, 0.3) is 0 Å². The van der Waals surface area contributed by atoms with Gasteiger partial charge in [-0.2, -0.15) is 0 Å². The van der Waals surface area contributed by atoms with Crippen molar-refractivity contribution < 1.29 is 28.7 Å². The number of ether oxygens (including phenoxy) is 2. The second-order valence-electron chi connectivity index (χ2n) is 7.87. The van der Waals surface area contributed by atoms with E-state index in [9.17, 15) is 19.2 Å². The molecule has 2 atom stereocenters. The maximum atomic E-state index is 12.5. The first-order valence-electron chi connectivity index (χ1n) is 10.2. The van der Waals surface area contributed by atoms with Crippen molar-refractivity contribution in [3.8, 4) is 0 Å². The smallest absolute Gasteiger partial charge is 0.310 e. The zero-order chi connectivity index (χ0) is 21.7. The minimum Gasteiger partial charge on any atom is -0.469 e. The molecule has 162 valence electrons. The molecule has 0 saturated carbocycles. The molecular formula is C22H28N2O6. The van der Waals surface area contributed by atoms with Gasteiger partial charge in [-0.05, 0) is 24.0 Å². The second kappa shape index (κ2) is 9.73. The van der Waals surface area contributed by atoms with E-state index >= 15 is 0 Å². The number of carbonyl (C=O) groups is 4. The molecule has 0 aromatic heterocycles. The largest absolute Gasteiger partial charge is 0.469 e. The molecule has 8 nitrogen and oxygen atoms in total. The lowest BCUT2D eigenvalue weighted by Crippen LogP contribution is -2.31. The third-order valence-electron chi connectivity index (χ3n) is 5.88. The van der Waals surface area contributed by atoms with Gasteiger partial charge in [0.05, 0.1) is 38.9 Å². The first-order chi connectivity index (χ1) is 14.4. The van der Waals surface area contributed by atoms with E-state index < -0.39 is 0 Å². The summed E-state index contributed by atoms with van der Waals surface area (Å²) < 4.78 is 9.51. The standard InChI is InChI=1S/C22H28N2O6/c1-29-21(27)17-7-9-23(13-17)19(25)11-15-3-5-16(6-4-15)12-20(26)24-10-8-18(14-24)22(28)30-2/h3-6,17-18H,7-14H2,1-2H3. The Hall–Kier alpha value is -2.90. The van der Waals surface area contributed by atoms with Crippen molar-refractivity contribution in [1.29, 1.82) is 0 Å². The molecule has 0 bridgehead atoms. The average molecular weight is 416 g/mol. The van der Waals surface area contributed by atoms with E-state index in [0.29, 0.717) is 39.0 Å². The van der Waals surface area contributed by atoms with Crippen LogP contribution in [0.15, 0.2) is 24.3 Å². The summed E-state index contributed by atoms with van der Waals surface area (Å²) in [4.78, 5) is 51.6. The summed E-state index contributed by atoms with van der Waals surface area (Å²) in [5, 5.41) is 0. The molecule has 30 heavy (non-hydrogen) atoms. The van der Waals surface area contributed by atoms with E-state index in [1.54, 1.807) is 9.80 Å². The van der Waals surface area contributed by atoms with Crippen LogP contribution in [0.2, 0.25) is 0 Å². The van der Waals surface area contributed by atoms with E-state index in [1.165, 1.54) is 14.2 Å². The number of methoxy groups -OCH3 is 2. The fraction of sp³-hybridized carbons (Fsp3) is 0.545. The molecule has 2 unspecified atom stereocenters. The molecule has 0 aliphatic carbocycles. The first-order valence-corrected chi connectivity index (χ1v) is 10.2. The van der Waals surface area contributed by atoms with Crippen molar-refractivity contribution >= 4 is 23.8 Å². The van der Waals surface area contributed by atoms with Crippen LogP contribution in [0.1, 0.15) is 24.0 Å². The number of carbonyl (C=O) groups excluding carboxylic acids is 4. The highest BCUT2D eigenvalue weighted by atomic mass is 16.5. The highest BCUT2D eigenvalue weighted by Crippen LogP contribution is 2.20. The molecule has 3 rings (SSSR count). The number of rotatable bonds is 6. The number of benzene rings is 1. The number of esters is 2. The Morgan fingerprint density at radius 3 is 1.47 bits per heavy atom. The molecule has 2 heterocycles. The molecule has 2 amide bonds. The highest BCUT2D eigenvalue weighted by molar-refractivity contribution is 5.82. The summed E-state index contributed by atoms with van der Waals surface area (Å²) in [7, 11) is 2.72. The van der Waals surface area contributed by atoms with Crippen molar-refractivity contribution in [3.63, 3.8) is 0 Å². The molecular weight excluding hydrogens is 388 g/mol. The van der Waals surface area contributed by atoms with E-state index in [1.807, 2.05) is 24.3 Å². The van der Waals surface area contributed by atoms with Crippen LogP contribution in [-0.2, 0) is 41.5 Å². The molecule has 0 radical (unpaired) electrons. The van der Waals surface area contributed by atoms with Gasteiger partial charge in [-0.25, -0.2) is 0 Å². The monoisotopic (exact) mass is 416 g/mol. The maximum Gasteiger partial charge on any atom is 0.310 e. The van der Waals surface area contributed by atoms with E-state index in [-0.39, 0.29) is 48.4 Å². The Morgan fingerprint density at radius 2 is 1.13 bits per heavy atom.